The van der Waals surface area contributed by atoms with Crippen molar-refractivity contribution in [2.24, 2.45) is 11.8 Å². The van der Waals surface area contributed by atoms with Crippen molar-refractivity contribution in [3.63, 3.8) is 0 Å². The van der Waals surface area contributed by atoms with Gasteiger partial charge in [0, 0.05) is 55.3 Å². The van der Waals surface area contributed by atoms with Gasteiger partial charge in [-0.05, 0) is 107 Å². The third-order valence-electron chi connectivity index (χ3n) is 13.1. The number of aromatic nitrogens is 1. The number of carbonyl (C=O) groups excluding carboxylic acids is 1. The molecule has 0 bridgehead atoms. The van der Waals surface area contributed by atoms with Gasteiger partial charge < -0.3 is 9.52 Å². The Morgan fingerprint density at radius 3 is 1.58 bits per heavy atom. The predicted molar refractivity (Wildman–Crippen MR) is 275 cm³/mol. The van der Waals surface area contributed by atoms with Crippen molar-refractivity contribution < 1.29 is 34.4 Å². The Labute approximate surface area is 404 Å². The van der Waals surface area contributed by atoms with Crippen molar-refractivity contribution in [3.05, 3.63) is 160 Å². The predicted octanol–water partition coefficient (Wildman–Crippen LogP) is 13.1. The van der Waals surface area contributed by atoms with E-state index in [0.29, 0.717) is 0 Å². The van der Waals surface area contributed by atoms with Gasteiger partial charge in [0.2, 0.25) is 8.07 Å². The summed E-state index contributed by atoms with van der Waals surface area (Å²) in [6, 6.07) is 38.0. The first-order chi connectivity index (χ1) is 30.3. The molecule has 65 heavy (non-hydrogen) atoms. The van der Waals surface area contributed by atoms with E-state index in [1.165, 1.54) is 71.5 Å². The minimum Gasteiger partial charge on any atom is -0.512 e. The largest absolute Gasteiger partial charge is 0.512 e. The maximum atomic E-state index is 11.7. The number of pyridine rings is 1. The average Bonchev–Trinajstić information content (AvgIpc) is 3.56. The molecule has 0 saturated heterocycles. The molecule has 1 N–H and O–H groups in total. The Morgan fingerprint density at radius 2 is 1.14 bits per heavy atom. The second-order valence-corrected chi connectivity index (χ2v) is 23.0. The van der Waals surface area contributed by atoms with Gasteiger partial charge in [0.1, 0.15) is 11.0 Å². The van der Waals surface area contributed by atoms with Crippen molar-refractivity contribution in [2.45, 2.75) is 128 Å². The Kier molecular flexibility index (Phi) is 16.7. The number of carbonyl (C=O) groups is 1. The van der Waals surface area contributed by atoms with E-state index in [-0.39, 0.29) is 48.9 Å². The van der Waals surface area contributed by atoms with E-state index in [9.17, 15) is 9.90 Å². The zero-order chi connectivity index (χ0) is 46.7. The second kappa shape index (κ2) is 21.2. The molecule has 7 rings (SSSR count). The molecule has 0 fully saturated rings. The van der Waals surface area contributed by atoms with Crippen molar-refractivity contribution in [1.29, 1.82) is 0 Å². The van der Waals surface area contributed by atoms with Crippen LogP contribution in [0.2, 0.25) is 0 Å². The van der Waals surface area contributed by atoms with Crippen molar-refractivity contribution in [3.8, 4) is 11.3 Å². The third-order valence-corrected chi connectivity index (χ3v) is 17.7. The van der Waals surface area contributed by atoms with E-state index >= 15 is 0 Å². The fourth-order valence-corrected chi connectivity index (χ4v) is 15.3. The van der Waals surface area contributed by atoms with Crippen LogP contribution in [0.25, 0.3) is 33.0 Å². The molecule has 2 heterocycles. The van der Waals surface area contributed by atoms with Crippen LogP contribution in [0.15, 0.2) is 113 Å². The van der Waals surface area contributed by atoms with Gasteiger partial charge in [0.05, 0.1) is 5.76 Å². The van der Waals surface area contributed by atoms with E-state index in [1.54, 1.807) is 0 Å². The zero-order valence-corrected chi connectivity index (χ0v) is 44.7. The van der Waals surface area contributed by atoms with Gasteiger partial charge in [-0.1, -0.05) is 166 Å². The van der Waals surface area contributed by atoms with E-state index in [1.807, 2.05) is 33.9 Å². The molecule has 6 heteroatoms. The first-order valence-electron chi connectivity index (χ1n) is 23.4. The van der Waals surface area contributed by atoms with Crippen molar-refractivity contribution in [2.75, 3.05) is 0 Å². The zero-order valence-electron chi connectivity index (χ0n) is 41.3. The van der Waals surface area contributed by atoms with Crippen LogP contribution in [0.1, 0.15) is 119 Å². The fourth-order valence-electron chi connectivity index (χ4n) is 9.92. The Bertz CT molecular complexity index is 2650. The Hall–Kier alpha value is -4.87. The topological polar surface area (TPSA) is 63.3 Å². The smallest absolute Gasteiger partial charge is 0.223 e. The van der Waals surface area contributed by atoms with Gasteiger partial charge in [0.15, 0.2) is 5.78 Å². The molecule has 2 aromatic heterocycles. The van der Waals surface area contributed by atoms with Gasteiger partial charge >= 0.3 is 0 Å². The summed E-state index contributed by atoms with van der Waals surface area (Å²) in [5.74, 6) is 0.547. The van der Waals surface area contributed by atoms with E-state index in [0.717, 1.165) is 58.7 Å². The van der Waals surface area contributed by atoms with Crippen LogP contribution in [0, 0.1) is 66.4 Å². The fraction of sp³-hybridized carbons (Fsp3) is 0.356. The Balaban J connectivity index is 0.000000428. The monoisotopic (exact) mass is 1060 g/mol. The number of nitrogens with zero attached hydrogens (tertiary/aromatic N) is 1. The van der Waals surface area contributed by atoms with Gasteiger partial charge in [0.25, 0.3) is 0 Å². The van der Waals surface area contributed by atoms with Crippen molar-refractivity contribution >= 4 is 56.5 Å². The van der Waals surface area contributed by atoms with Crippen LogP contribution < -0.4 is 20.9 Å². The normalized spacial score (nSPS) is 12.2. The number of aliphatic hydroxyl groups excluding tert-OH is 1. The van der Waals surface area contributed by atoms with Crippen LogP contribution in [0.5, 0.6) is 0 Å². The molecule has 0 saturated carbocycles. The average molecular weight is 1060 g/mol. The molecule has 0 unspecified atom stereocenters. The second-order valence-electron chi connectivity index (χ2n) is 19.4. The van der Waals surface area contributed by atoms with Crippen molar-refractivity contribution in [1.82, 2.24) is 4.98 Å². The van der Waals surface area contributed by atoms with Gasteiger partial charge in [-0.15, -0.1) is 29.1 Å². The van der Waals surface area contributed by atoms with Crippen LogP contribution in [0.4, 0.5) is 0 Å². The van der Waals surface area contributed by atoms with Crippen LogP contribution in [-0.2, 0) is 30.3 Å². The molecule has 0 aliphatic rings. The number of ketones is 1. The first-order valence-corrected chi connectivity index (χ1v) is 25.4. The molecule has 0 aliphatic heterocycles. The number of hydrogen-bond acceptors (Lipinski definition) is 4. The van der Waals surface area contributed by atoms with Gasteiger partial charge in [-0.2, -0.15) is 0 Å². The summed E-state index contributed by atoms with van der Waals surface area (Å²) in [5, 5.41) is 18.3. The minimum absolute atomic E-state index is 0. The molecule has 1 radical (unpaired) electrons. The van der Waals surface area contributed by atoms with E-state index < -0.39 is 8.07 Å². The number of fused-ring (bicyclic) bond motifs is 2. The molecule has 5 aromatic carbocycles. The molecular weight excluding hydrogens is 991 g/mol. The molecule has 4 nitrogen and oxygen atoms in total. The maximum Gasteiger partial charge on any atom is 0.223 e. The van der Waals surface area contributed by atoms with Crippen LogP contribution in [0.3, 0.4) is 0 Å². The number of aliphatic hydroxyl groups is 1. The molecule has 0 aliphatic carbocycles. The molecule has 0 atom stereocenters. The SMILES string of the molecule is CCC(CC)C(=O)/C=C(\O)C(CC)CC.Cc1cc(C)cc([Si](c2cc(C)cc(C)c2)(c2cc(C)cc(C)c2)c2oc3c(-c4[c-]c5ccccc5c(C(C)(C)C)c4)nccc3c2C)c1.[Ir]. The first kappa shape index (κ1) is 51.1. The summed E-state index contributed by atoms with van der Waals surface area (Å²) in [5.41, 5.74) is 12.6. The van der Waals surface area contributed by atoms with E-state index in [4.69, 9.17) is 9.40 Å². The number of furan rings is 1. The van der Waals surface area contributed by atoms with Crippen LogP contribution in [-0.4, -0.2) is 23.9 Å². The number of benzene rings is 5. The molecule has 7 aromatic rings. The molecular formula is C59H70IrNO3Si-. The number of rotatable bonds is 12. The summed E-state index contributed by atoms with van der Waals surface area (Å²) >= 11 is 0. The number of aryl methyl sites for hydroxylation is 7. The summed E-state index contributed by atoms with van der Waals surface area (Å²) < 4.78 is 7.47. The molecule has 0 spiro atoms. The van der Waals surface area contributed by atoms with Gasteiger partial charge in [-0.3, -0.25) is 9.78 Å². The summed E-state index contributed by atoms with van der Waals surface area (Å²) in [6.45, 7) is 30.5. The van der Waals surface area contributed by atoms with E-state index in [2.05, 4.69) is 166 Å². The number of allylic oxidation sites excluding steroid dienone is 2. The summed E-state index contributed by atoms with van der Waals surface area (Å²) in [4.78, 5) is 16.8. The third kappa shape index (κ3) is 10.7. The van der Waals surface area contributed by atoms with Gasteiger partial charge in [-0.25, -0.2) is 0 Å². The summed E-state index contributed by atoms with van der Waals surface area (Å²) in [6.07, 6.45) is 6.85. The molecule has 343 valence electrons. The quantitative estimate of drug-likeness (QED) is 0.0435. The standard InChI is InChI=1S/C46H46NOSi.C13H24O2.Ir/c1-28-17-29(2)21-37(20-28)49(38-22-30(3)18-31(4)23-38,39-24-32(5)19-33(6)25-39)45-34(7)40-15-16-47-43(44(40)48-45)36-26-35-13-11-12-14-41(35)42(27-36)46(8,9)10;1-5-10(6-2)12(14)9-13(15)11(7-3)8-4;/h11-25,27H,1-10H3;9-11,14H,5-8H2,1-4H3;/q-1;;/b;12-9-;. The van der Waals surface area contributed by atoms with Crippen LogP contribution >= 0.6 is 0 Å². The summed E-state index contributed by atoms with van der Waals surface area (Å²) in [7, 11) is -3.03. The minimum atomic E-state index is -3.03. The number of hydrogen-bond donors (Lipinski definition) is 1. The maximum absolute atomic E-state index is 11.7. The molecule has 0 amide bonds. The Morgan fingerprint density at radius 1 is 0.677 bits per heavy atom.